The lowest BCUT2D eigenvalue weighted by molar-refractivity contribution is -0.109. The van der Waals surface area contributed by atoms with Crippen molar-refractivity contribution >= 4 is 23.9 Å². The average molecular weight is 358 g/mol. The fourth-order valence-corrected chi connectivity index (χ4v) is 3.19. The van der Waals surface area contributed by atoms with Gasteiger partial charge in [0.1, 0.15) is 11.9 Å². The molecule has 1 aromatic rings. The molecule has 1 N–H and O–H groups in total. The maximum Gasteiger partial charge on any atom is 0.414 e. The van der Waals surface area contributed by atoms with Crippen molar-refractivity contribution in [1.82, 2.24) is 5.32 Å². The number of nitrogens with zero attached hydrogens (tertiary/aromatic N) is 3. The second-order valence-electron chi connectivity index (χ2n) is 6.18. The average Bonchev–Trinajstić information content (AvgIpc) is 3.02. The monoisotopic (exact) mass is 358 g/mol. The molecule has 2 fully saturated rings. The Kier molecular flexibility index (Phi) is 5.37. The van der Waals surface area contributed by atoms with E-state index >= 15 is 0 Å². The molecule has 2 heterocycles. The first-order valence-electron chi connectivity index (χ1n) is 8.36. The summed E-state index contributed by atoms with van der Waals surface area (Å²) in [5.41, 5.74) is 2.00. The molecule has 0 bridgehead atoms. The molecule has 2 aliphatic heterocycles. The second kappa shape index (κ2) is 7.87. The Labute approximate surface area is 150 Å². The molecule has 8 heteroatoms. The summed E-state index contributed by atoms with van der Waals surface area (Å²) in [6.45, 7) is 8.66. The molecule has 136 valence electrons. The number of hydrogen-bond acceptors (Lipinski definition) is 4. The topological polar surface area (TPSA) is 66.2 Å². The molecule has 0 radical (unpaired) electrons. The minimum atomic E-state index is -0.554. The number of ether oxygens (including phenoxy) is 1. The number of piperidine rings is 1. The van der Waals surface area contributed by atoms with Gasteiger partial charge in [-0.1, -0.05) is 5.57 Å². The van der Waals surface area contributed by atoms with Crippen molar-refractivity contribution in [2.75, 3.05) is 36.0 Å². The van der Waals surface area contributed by atoms with E-state index in [0.29, 0.717) is 30.9 Å². The summed E-state index contributed by atoms with van der Waals surface area (Å²) in [7, 11) is 0. The molecule has 1 atom stereocenters. The molecule has 2 amide bonds. The van der Waals surface area contributed by atoms with Crippen molar-refractivity contribution in [2.24, 2.45) is 0 Å². The number of nitrogens with one attached hydrogen (secondary N) is 1. The lowest BCUT2D eigenvalue weighted by Crippen LogP contribution is -2.32. The third-order valence-corrected chi connectivity index (χ3v) is 4.54. The van der Waals surface area contributed by atoms with Crippen LogP contribution in [0, 0.1) is 12.4 Å². The number of halogens is 1. The van der Waals surface area contributed by atoms with Gasteiger partial charge in [-0.25, -0.2) is 14.0 Å². The molecule has 2 aliphatic rings. The Morgan fingerprint density at radius 1 is 1.38 bits per heavy atom. The Balaban J connectivity index is 1.68. The zero-order valence-corrected chi connectivity index (χ0v) is 14.2. The van der Waals surface area contributed by atoms with Crippen molar-refractivity contribution in [2.45, 2.75) is 18.9 Å². The molecule has 0 unspecified atom stereocenters. The quantitative estimate of drug-likeness (QED) is 0.648. The highest BCUT2D eigenvalue weighted by molar-refractivity contribution is 5.90. The van der Waals surface area contributed by atoms with Crippen LogP contribution < -0.4 is 15.1 Å². The van der Waals surface area contributed by atoms with E-state index in [1.165, 1.54) is 11.0 Å². The van der Waals surface area contributed by atoms with Crippen LogP contribution in [0.5, 0.6) is 0 Å². The van der Waals surface area contributed by atoms with E-state index in [4.69, 9.17) is 11.3 Å². The molecule has 1 aromatic carbocycles. The van der Waals surface area contributed by atoms with Crippen LogP contribution >= 0.6 is 0 Å². The SMILES string of the molecule is [C-]#[N+]C=C1CCN(c2ccc(N3C[C@H](CNC=O)OC3=O)cc2F)CC1. The van der Waals surface area contributed by atoms with Gasteiger partial charge in [-0.05, 0) is 31.0 Å². The van der Waals surface area contributed by atoms with Crippen molar-refractivity contribution in [3.8, 4) is 0 Å². The van der Waals surface area contributed by atoms with Crippen molar-refractivity contribution < 1.29 is 18.7 Å². The van der Waals surface area contributed by atoms with E-state index in [1.54, 1.807) is 18.3 Å². The third kappa shape index (κ3) is 3.77. The van der Waals surface area contributed by atoms with Crippen LogP contribution in [0.3, 0.4) is 0 Å². The van der Waals surface area contributed by atoms with E-state index in [1.807, 2.05) is 4.90 Å². The normalized spacial score (nSPS) is 19.8. The number of amides is 2. The molecule has 0 saturated carbocycles. The van der Waals surface area contributed by atoms with Gasteiger partial charge in [-0.3, -0.25) is 9.69 Å². The summed E-state index contributed by atoms with van der Waals surface area (Å²) < 4.78 is 19.8. The van der Waals surface area contributed by atoms with Crippen molar-refractivity contribution in [1.29, 1.82) is 0 Å². The minimum Gasteiger partial charge on any atom is -0.442 e. The zero-order chi connectivity index (χ0) is 18.5. The van der Waals surface area contributed by atoms with Crippen LogP contribution in [0.1, 0.15) is 12.8 Å². The van der Waals surface area contributed by atoms with Gasteiger partial charge in [0.2, 0.25) is 6.41 Å². The van der Waals surface area contributed by atoms with Gasteiger partial charge < -0.3 is 15.0 Å². The number of anilines is 2. The molecule has 2 saturated heterocycles. The largest absolute Gasteiger partial charge is 0.442 e. The van der Waals surface area contributed by atoms with E-state index in [0.717, 1.165) is 18.4 Å². The minimum absolute atomic E-state index is 0.223. The first-order chi connectivity index (χ1) is 12.6. The first kappa shape index (κ1) is 17.7. The number of cyclic esters (lactones) is 1. The predicted octanol–water partition coefficient (Wildman–Crippen LogP) is 2.30. The molecule has 26 heavy (non-hydrogen) atoms. The molecule has 7 nitrogen and oxygen atoms in total. The first-order valence-corrected chi connectivity index (χ1v) is 8.36. The number of rotatable bonds is 5. The lowest BCUT2D eigenvalue weighted by atomic mass is 10.0. The van der Waals surface area contributed by atoms with Gasteiger partial charge in [0.15, 0.2) is 6.20 Å². The predicted molar refractivity (Wildman–Crippen MR) is 94.2 cm³/mol. The smallest absolute Gasteiger partial charge is 0.414 e. The van der Waals surface area contributed by atoms with E-state index in [2.05, 4.69) is 10.2 Å². The van der Waals surface area contributed by atoms with Gasteiger partial charge in [-0.15, -0.1) is 0 Å². The Hall–Kier alpha value is -3.08. The number of benzene rings is 1. The standard InChI is InChI=1S/C18H19FN4O3/c1-20-9-13-4-6-22(7-5-13)17-3-2-14(8-16(17)19)23-11-15(10-21-12-24)26-18(23)25/h2-3,8-9,12,15H,4-7,10-11H2,(H,21,24)/t15-/m0/s1. The molecule has 0 aromatic heterocycles. The van der Waals surface area contributed by atoms with Crippen LogP contribution in [0.2, 0.25) is 0 Å². The maximum absolute atomic E-state index is 14.6. The van der Waals surface area contributed by atoms with Crippen molar-refractivity contribution in [3.63, 3.8) is 0 Å². The zero-order valence-electron chi connectivity index (χ0n) is 14.2. The highest BCUT2D eigenvalue weighted by Gasteiger charge is 2.32. The third-order valence-electron chi connectivity index (χ3n) is 4.54. The highest BCUT2D eigenvalue weighted by Crippen LogP contribution is 2.30. The summed E-state index contributed by atoms with van der Waals surface area (Å²) in [5, 5.41) is 2.47. The highest BCUT2D eigenvalue weighted by atomic mass is 19.1. The van der Waals surface area contributed by atoms with Gasteiger partial charge in [0, 0.05) is 13.1 Å². The fourth-order valence-electron chi connectivity index (χ4n) is 3.19. The number of carbonyl (C=O) groups is 2. The molecular formula is C18H19FN4O3. The van der Waals surface area contributed by atoms with E-state index in [-0.39, 0.29) is 13.1 Å². The van der Waals surface area contributed by atoms with Gasteiger partial charge in [0.05, 0.1) is 31.0 Å². The van der Waals surface area contributed by atoms with E-state index in [9.17, 15) is 14.0 Å². The lowest BCUT2D eigenvalue weighted by Gasteiger charge is -2.31. The number of carbonyl (C=O) groups excluding carboxylic acids is 2. The van der Waals surface area contributed by atoms with E-state index < -0.39 is 18.0 Å². The molecule has 0 spiro atoms. The van der Waals surface area contributed by atoms with Gasteiger partial charge in [0.25, 0.3) is 0 Å². The maximum atomic E-state index is 14.6. The molecular weight excluding hydrogens is 339 g/mol. The summed E-state index contributed by atoms with van der Waals surface area (Å²) in [6.07, 6.45) is 2.57. The fraction of sp³-hybridized carbons (Fsp3) is 0.389. The summed E-state index contributed by atoms with van der Waals surface area (Å²) >= 11 is 0. The molecule has 0 aliphatic carbocycles. The van der Waals surface area contributed by atoms with Crippen molar-refractivity contribution in [3.05, 3.63) is 47.2 Å². The summed E-state index contributed by atoms with van der Waals surface area (Å²) in [4.78, 5) is 28.9. The summed E-state index contributed by atoms with van der Waals surface area (Å²) in [6, 6.07) is 4.69. The van der Waals surface area contributed by atoms with Gasteiger partial charge in [-0.2, -0.15) is 0 Å². The van der Waals surface area contributed by atoms with Crippen LogP contribution in [0.4, 0.5) is 20.6 Å². The van der Waals surface area contributed by atoms with Crippen LogP contribution in [-0.4, -0.2) is 44.8 Å². The Morgan fingerprint density at radius 2 is 2.15 bits per heavy atom. The van der Waals surface area contributed by atoms with Crippen LogP contribution in [0.15, 0.2) is 30.0 Å². The number of hydrogen-bond donors (Lipinski definition) is 1. The van der Waals surface area contributed by atoms with Crippen LogP contribution in [-0.2, 0) is 9.53 Å². The Bertz CT molecular complexity index is 764. The summed E-state index contributed by atoms with van der Waals surface area (Å²) in [5.74, 6) is -0.401. The van der Waals surface area contributed by atoms with Gasteiger partial charge >= 0.3 is 6.09 Å². The molecule has 3 rings (SSSR count). The second-order valence-corrected chi connectivity index (χ2v) is 6.18. The van der Waals surface area contributed by atoms with Crippen LogP contribution in [0.25, 0.3) is 4.85 Å². The Morgan fingerprint density at radius 3 is 2.81 bits per heavy atom.